The molecule has 0 unspecified atom stereocenters. The first-order chi connectivity index (χ1) is 14.6. The number of H-pyrrole nitrogens is 1. The highest BCUT2D eigenvalue weighted by Crippen LogP contribution is 2.28. The van der Waals surface area contributed by atoms with Gasteiger partial charge in [0, 0.05) is 21.9 Å². The van der Waals surface area contributed by atoms with Crippen LogP contribution in [0.3, 0.4) is 0 Å². The maximum absolute atomic E-state index is 13.7. The molecule has 1 N–H and O–H groups in total. The van der Waals surface area contributed by atoms with Gasteiger partial charge in [-0.1, -0.05) is 78.9 Å². The molecule has 2 heterocycles. The first-order valence-corrected chi connectivity index (χ1v) is 9.42. The van der Waals surface area contributed by atoms with Crippen molar-refractivity contribution in [1.82, 2.24) is 4.98 Å². The summed E-state index contributed by atoms with van der Waals surface area (Å²) in [5, 5.41) is 0.999. The lowest BCUT2D eigenvalue weighted by Gasteiger charge is -2.11. The Morgan fingerprint density at radius 3 is 2.03 bits per heavy atom. The van der Waals surface area contributed by atoms with E-state index in [0.29, 0.717) is 21.9 Å². The van der Waals surface area contributed by atoms with E-state index in [1.165, 1.54) is 0 Å². The lowest BCUT2D eigenvalue weighted by Crippen LogP contribution is -2.20. The van der Waals surface area contributed by atoms with Crippen LogP contribution in [0.25, 0.3) is 33.2 Å². The molecule has 0 spiro atoms. The van der Waals surface area contributed by atoms with Crippen LogP contribution < -0.4 is 11.0 Å². The molecule has 0 saturated heterocycles. The van der Waals surface area contributed by atoms with Crippen molar-refractivity contribution in [2.24, 2.45) is 0 Å². The minimum atomic E-state index is -0.476. The topological polar surface area (TPSA) is 80.1 Å². The standard InChI is InChI=1S/C25H15NO4/c27-21(15-9-3-1-4-10-15)20-22(28)19-17-13-7-8-14-18(17)24(29)26-25(19)30-23(20)16-11-5-2-6-12-16/h1-14H,(H,26,29). The summed E-state index contributed by atoms with van der Waals surface area (Å²) in [5.74, 6) is -0.298. The molecule has 5 aromatic rings. The lowest BCUT2D eigenvalue weighted by molar-refractivity contribution is 0.103. The molecule has 0 amide bonds. The molecule has 5 heteroatoms. The van der Waals surface area contributed by atoms with E-state index in [-0.39, 0.29) is 28.0 Å². The van der Waals surface area contributed by atoms with Crippen LogP contribution in [0.5, 0.6) is 0 Å². The van der Waals surface area contributed by atoms with Crippen molar-refractivity contribution in [2.75, 3.05) is 0 Å². The number of pyridine rings is 1. The maximum Gasteiger partial charge on any atom is 0.258 e. The van der Waals surface area contributed by atoms with Gasteiger partial charge in [-0.25, -0.2) is 0 Å². The summed E-state index contributed by atoms with van der Waals surface area (Å²) >= 11 is 0. The van der Waals surface area contributed by atoms with Gasteiger partial charge >= 0.3 is 0 Å². The number of hydrogen-bond donors (Lipinski definition) is 1. The van der Waals surface area contributed by atoms with E-state index in [1.54, 1.807) is 78.9 Å². The first-order valence-electron chi connectivity index (χ1n) is 9.42. The average Bonchev–Trinajstić information content (AvgIpc) is 2.79. The largest absolute Gasteiger partial charge is 0.439 e. The highest BCUT2D eigenvalue weighted by atomic mass is 16.3. The summed E-state index contributed by atoms with van der Waals surface area (Å²) in [5.41, 5.74) is 0.114. The van der Waals surface area contributed by atoms with Crippen LogP contribution in [-0.4, -0.2) is 10.8 Å². The molecule has 30 heavy (non-hydrogen) atoms. The summed E-state index contributed by atoms with van der Waals surface area (Å²) in [6.45, 7) is 0. The second-order valence-electron chi connectivity index (χ2n) is 6.90. The van der Waals surface area contributed by atoms with Gasteiger partial charge in [-0.2, -0.15) is 0 Å². The van der Waals surface area contributed by atoms with Crippen LogP contribution in [0.15, 0.2) is 98.9 Å². The number of nitrogens with one attached hydrogen (secondary N) is 1. The Morgan fingerprint density at radius 1 is 0.733 bits per heavy atom. The average molecular weight is 393 g/mol. The summed E-state index contributed by atoms with van der Waals surface area (Å²) < 4.78 is 6.01. The summed E-state index contributed by atoms with van der Waals surface area (Å²) in [6, 6.07) is 24.3. The highest BCUT2D eigenvalue weighted by molar-refractivity contribution is 6.15. The lowest BCUT2D eigenvalue weighted by atomic mass is 9.96. The number of hydrogen-bond acceptors (Lipinski definition) is 4. The van der Waals surface area contributed by atoms with Gasteiger partial charge in [0.1, 0.15) is 5.56 Å². The van der Waals surface area contributed by atoms with Gasteiger partial charge in [-0.15, -0.1) is 0 Å². The van der Waals surface area contributed by atoms with Crippen molar-refractivity contribution in [1.29, 1.82) is 0 Å². The van der Waals surface area contributed by atoms with E-state index in [1.807, 2.05) is 6.07 Å². The van der Waals surface area contributed by atoms with Crippen LogP contribution >= 0.6 is 0 Å². The molecular formula is C25H15NO4. The van der Waals surface area contributed by atoms with Crippen LogP contribution in [-0.2, 0) is 0 Å². The van der Waals surface area contributed by atoms with Crippen LogP contribution in [0.2, 0.25) is 0 Å². The van der Waals surface area contributed by atoms with E-state index >= 15 is 0 Å². The van der Waals surface area contributed by atoms with Crippen molar-refractivity contribution in [2.45, 2.75) is 0 Å². The van der Waals surface area contributed by atoms with Crippen LogP contribution in [0.4, 0.5) is 0 Å². The second-order valence-corrected chi connectivity index (χ2v) is 6.90. The zero-order valence-corrected chi connectivity index (χ0v) is 15.7. The molecule has 0 atom stereocenters. The number of ketones is 1. The molecule has 5 nitrogen and oxygen atoms in total. The van der Waals surface area contributed by atoms with Crippen molar-refractivity contribution in [3.63, 3.8) is 0 Å². The van der Waals surface area contributed by atoms with E-state index in [9.17, 15) is 14.4 Å². The Hall–Kier alpha value is -4.25. The van der Waals surface area contributed by atoms with Crippen LogP contribution in [0, 0.1) is 0 Å². The van der Waals surface area contributed by atoms with Crippen LogP contribution in [0.1, 0.15) is 15.9 Å². The SMILES string of the molecule is O=C(c1ccccc1)c1c(-c2ccccc2)oc2[nH]c(=O)c3ccccc3c2c1=O. The summed E-state index contributed by atoms with van der Waals surface area (Å²) in [7, 11) is 0. The minimum absolute atomic E-state index is 0.0483. The number of fused-ring (bicyclic) bond motifs is 3. The third kappa shape index (κ3) is 2.76. The van der Waals surface area contributed by atoms with Gasteiger partial charge in [-0.3, -0.25) is 19.4 Å². The van der Waals surface area contributed by atoms with E-state index < -0.39 is 11.2 Å². The minimum Gasteiger partial charge on any atom is -0.439 e. The Labute approximate surface area is 170 Å². The molecule has 0 bridgehead atoms. The Bertz CT molecular complexity index is 1530. The quantitative estimate of drug-likeness (QED) is 0.361. The molecule has 3 aromatic carbocycles. The molecular weight excluding hydrogens is 378 g/mol. The molecule has 0 saturated carbocycles. The van der Waals surface area contributed by atoms with Crippen molar-refractivity contribution >= 4 is 27.7 Å². The highest BCUT2D eigenvalue weighted by Gasteiger charge is 2.25. The van der Waals surface area contributed by atoms with Gasteiger partial charge in [0.05, 0.1) is 5.39 Å². The molecule has 0 aliphatic heterocycles. The Balaban J connectivity index is 1.95. The van der Waals surface area contributed by atoms with Gasteiger partial charge in [0.25, 0.3) is 5.56 Å². The normalized spacial score (nSPS) is 11.1. The summed E-state index contributed by atoms with van der Waals surface area (Å²) in [6.07, 6.45) is 0. The molecule has 0 aliphatic rings. The number of aromatic amines is 1. The number of aromatic nitrogens is 1. The molecule has 2 aromatic heterocycles. The fourth-order valence-electron chi connectivity index (χ4n) is 3.67. The molecule has 0 aliphatic carbocycles. The van der Waals surface area contributed by atoms with Gasteiger partial charge in [0.2, 0.25) is 16.9 Å². The van der Waals surface area contributed by atoms with Crippen molar-refractivity contribution < 1.29 is 9.21 Å². The van der Waals surface area contributed by atoms with Gasteiger partial charge < -0.3 is 4.42 Å². The predicted molar refractivity (Wildman–Crippen MR) is 116 cm³/mol. The smallest absolute Gasteiger partial charge is 0.258 e. The second kappa shape index (κ2) is 6.97. The number of benzene rings is 3. The van der Waals surface area contributed by atoms with Crippen molar-refractivity contribution in [3.05, 3.63) is 117 Å². The summed E-state index contributed by atoms with van der Waals surface area (Å²) in [4.78, 5) is 42.2. The third-order valence-corrected chi connectivity index (χ3v) is 5.08. The predicted octanol–water partition coefficient (Wildman–Crippen LogP) is 4.53. The number of carbonyl (C=O) groups excluding carboxylic acids is 1. The third-order valence-electron chi connectivity index (χ3n) is 5.08. The Kier molecular flexibility index (Phi) is 4.14. The van der Waals surface area contributed by atoms with Gasteiger partial charge in [-0.05, 0) is 6.07 Å². The van der Waals surface area contributed by atoms with E-state index in [2.05, 4.69) is 4.98 Å². The van der Waals surface area contributed by atoms with Gasteiger partial charge in [0.15, 0.2) is 5.76 Å². The maximum atomic E-state index is 13.7. The van der Waals surface area contributed by atoms with Crippen molar-refractivity contribution in [3.8, 4) is 11.3 Å². The van der Waals surface area contributed by atoms with E-state index in [0.717, 1.165) is 0 Å². The molecule has 5 rings (SSSR count). The fraction of sp³-hybridized carbons (Fsp3) is 0. The van der Waals surface area contributed by atoms with E-state index in [4.69, 9.17) is 4.42 Å². The fourth-order valence-corrected chi connectivity index (χ4v) is 3.67. The molecule has 144 valence electrons. The Morgan fingerprint density at radius 2 is 1.33 bits per heavy atom. The zero-order valence-electron chi connectivity index (χ0n) is 15.7. The number of rotatable bonds is 3. The molecule has 0 fully saturated rings. The molecule has 0 radical (unpaired) electrons. The monoisotopic (exact) mass is 393 g/mol. The number of carbonyl (C=O) groups is 1. The zero-order chi connectivity index (χ0) is 20.7. The first kappa shape index (κ1) is 17.8.